The molecule has 5 atom stereocenters. The van der Waals surface area contributed by atoms with Crippen molar-refractivity contribution in [3.8, 4) is 0 Å². The Bertz CT molecular complexity index is 4960. The van der Waals surface area contributed by atoms with Crippen molar-refractivity contribution in [1.29, 1.82) is 0 Å². The maximum atomic E-state index is 12.6. The van der Waals surface area contributed by atoms with Crippen LogP contribution in [-0.2, 0) is 57.3 Å². The summed E-state index contributed by atoms with van der Waals surface area (Å²) in [5.74, 6) is -8.33. The van der Waals surface area contributed by atoms with Crippen LogP contribution in [0.4, 0.5) is 28.4 Å². The Morgan fingerprint density at radius 3 is 1.04 bits per heavy atom. The van der Waals surface area contributed by atoms with Gasteiger partial charge in [0.2, 0.25) is 29.5 Å². The van der Waals surface area contributed by atoms with Gasteiger partial charge in [-0.15, -0.1) is 11.3 Å². The Morgan fingerprint density at radius 1 is 0.321 bits per heavy atom. The third kappa shape index (κ3) is 45.8. The number of ether oxygens (including phenoxy) is 4. The van der Waals surface area contributed by atoms with E-state index in [4.69, 9.17) is 100 Å². The number of nitrogens with zero attached hydrogens (tertiary/aromatic N) is 1. The fraction of sp³-hybridized carbons (Fsp3) is 0.486. The molecule has 0 fully saturated rings. The zero-order valence-corrected chi connectivity index (χ0v) is 85.9. The number of rotatable bonds is 52. The van der Waals surface area contributed by atoms with Crippen molar-refractivity contribution in [3.05, 3.63) is 208 Å². The topological polar surface area (TPSA) is 298 Å². The molecule has 0 saturated carbocycles. The lowest BCUT2D eigenvalue weighted by atomic mass is 9.98. The number of amides is 5. The van der Waals surface area contributed by atoms with Gasteiger partial charge in [-0.3, -0.25) is 43.2 Å². The third-order valence-corrected chi connectivity index (χ3v) is 25.4. The number of esters is 4. The summed E-state index contributed by atoms with van der Waals surface area (Å²) in [5, 5.41) is 16.5. The zero-order valence-electron chi connectivity index (χ0n) is 79.8. The molecule has 21 nitrogen and oxygen atoms in total. The highest BCUT2D eigenvalue weighted by atomic mass is 35.5. The van der Waals surface area contributed by atoms with Gasteiger partial charge in [-0.25, -0.2) is 14.6 Å². The highest BCUT2D eigenvalue weighted by Crippen LogP contribution is 2.35. The molecule has 5 amide bonds. The lowest BCUT2D eigenvalue weighted by molar-refractivity contribution is -0.151. The van der Waals surface area contributed by atoms with Gasteiger partial charge in [-0.1, -0.05) is 330 Å². The van der Waals surface area contributed by atoms with Gasteiger partial charge in [0.15, 0.2) is 5.78 Å². The first-order valence-electron chi connectivity index (χ1n) is 47.1. The minimum atomic E-state index is -0.988. The van der Waals surface area contributed by atoms with Crippen molar-refractivity contribution >= 4 is 196 Å². The second-order valence-corrected chi connectivity index (χ2v) is 37.2. The summed E-state index contributed by atoms with van der Waals surface area (Å²) in [4.78, 5) is 138. The summed E-state index contributed by atoms with van der Waals surface area (Å²) in [6.07, 6.45) is 36.3. The summed E-state index contributed by atoms with van der Waals surface area (Å²) in [5.41, 5.74) is 6.04. The average Bonchev–Trinajstić information content (AvgIpc) is 1.69. The SMILES string of the molecule is CC(=O)C(C)C(=O)Nc1cc(C)ccc1Cl.CCCCCCCCCCCCOC(=O)C(C)C(=O)Nc1cc(Cl)c(Cl)cc1Cl.CCCCCCCCCCCCOC(=O)c1ccc(Cl)c(NC(=O)C(C)C(=O)OCC)c1.CCCCCCCCCCCCOC(=O)c1ccc(Cl)c(NC(=O)C(C)C(=O)c2ccccc2)c1.Cc1ccc(Cl)c(NC(=O)C(C)c2nc3ccccc3s2)c1. The minimum Gasteiger partial charge on any atom is -0.465 e. The number of Topliss-reactive ketones (excluding diaryl/α,β-unsaturated/α-hetero) is 2. The summed E-state index contributed by atoms with van der Waals surface area (Å²) < 4.78 is 21.9. The monoisotopic (exact) mass is 2000 g/mol. The number of carbonyl (C=O) groups is 11. The number of hydrogen-bond acceptors (Lipinski definition) is 17. The number of hydrogen-bond donors (Lipinski definition) is 5. The summed E-state index contributed by atoms with van der Waals surface area (Å²) >= 11 is 43.8. The molecule has 0 saturated heterocycles. The number of ketones is 2. The van der Waals surface area contributed by atoms with Crippen LogP contribution in [0.5, 0.6) is 0 Å². The first kappa shape index (κ1) is 117. The number of unbranched alkanes of at least 4 members (excludes halogenated alkanes) is 27. The number of carbonyl (C=O) groups excluding carboxylic acids is 11. The second kappa shape index (κ2) is 67.3. The lowest BCUT2D eigenvalue weighted by Crippen LogP contribution is -2.29. The molecule has 0 radical (unpaired) electrons. The van der Waals surface area contributed by atoms with Crippen molar-refractivity contribution in [2.24, 2.45) is 23.7 Å². The molecule has 5 N–H and O–H groups in total. The summed E-state index contributed by atoms with van der Waals surface area (Å²) in [7, 11) is 0. The molecular weight excluding hydrogens is 1870 g/mol. The maximum Gasteiger partial charge on any atom is 0.338 e. The number of nitrogens with one attached hydrogen (secondary N) is 5. The molecule has 29 heteroatoms. The molecule has 7 aromatic carbocycles. The first-order valence-corrected chi connectivity index (χ1v) is 50.6. The van der Waals surface area contributed by atoms with Crippen LogP contribution in [0.1, 0.15) is 315 Å². The van der Waals surface area contributed by atoms with Gasteiger partial charge >= 0.3 is 23.9 Å². The van der Waals surface area contributed by atoms with E-state index in [9.17, 15) is 52.7 Å². The molecule has 1 heterocycles. The van der Waals surface area contributed by atoms with Crippen molar-refractivity contribution in [1.82, 2.24) is 4.98 Å². The van der Waals surface area contributed by atoms with Crippen LogP contribution < -0.4 is 26.6 Å². The van der Waals surface area contributed by atoms with E-state index in [-0.39, 0.29) is 67.4 Å². The molecule has 0 aliphatic carbocycles. The van der Waals surface area contributed by atoms with Crippen molar-refractivity contribution in [3.63, 3.8) is 0 Å². The Hall–Kier alpha value is -8.97. The third-order valence-electron chi connectivity index (χ3n) is 21.9. The van der Waals surface area contributed by atoms with Gasteiger partial charge in [0.05, 0.1) is 129 Å². The van der Waals surface area contributed by atoms with Gasteiger partial charge in [0.25, 0.3) is 0 Å². The number of anilines is 5. The largest absolute Gasteiger partial charge is 0.465 e. The standard InChI is InChI=1S/C29H38ClNO4.C25H38ClNO5.C22H32Cl3NO3.C17H15ClN2OS.C12H14ClNO2/c1-3-4-5-6-7-8-9-10-11-15-20-35-29(34)24-18-19-25(30)26(21-24)31-28(33)22(2)27(32)23-16-13-12-14-17-23;1-4-6-7-8-9-10-11-12-13-14-17-32-25(30)20-15-16-21(26)22(18-20)27-23(28)19(3)24(29)31-5-2;1-3-4-5-6-7-8-9-10-11-12-13-29-22(28)16(2)21(27)26-20-15-18(24)17(23)14-19(20)25;1-10-7-8-12(18)14(9-10)19-16(21)11(2)17-20-13-5-3-4-6-15(13)22-17;1-7-4-5-10(13)11(6-7)14-12(16)8(2)9(3)15/h12-14,16-19,21-22H,3-11,15,20H2,1-2H3,(H,31,33);15-16,18-19H,4-14,17H2,1-3H3,(H,27,28);14-16H,3-13H2,1-2H3,(H,26,27);3-9,11H,1-2H3,(H,19,21);4-6,8H,1-3H3,(H,14,16). The number of para-hydroxylation sites is 1. The van der Waals surface area contributed by atoms with Crippen LogP contribution in [0.15, 0.2) is 140 Å². The van der Waals surface area contributed by atoms with E-state index in [1.807, 2.05) is 69.3 Å². The maximum absolute atomic E-state index is 12.6. The number of aromatic nitrogens is 1. The molecule has 134 heavy (non-hydrogen) atoms. The predicted molar refractivity (Wildman–Crippen MR) is 550 cm³/mol. The molecule has 5 unspecified atom stereocenters. The molecular formula is C105H137Cl7N6O15S. The number of aryl methyl sites for hydroxylation is 2. The Kier molecular flexibility index (Phi) is 58.9. The van der Waals surface area contributed by atoms with E-state index in [1.165, 1.54) is 192 Å². The smallest absolute Gasteiger partial charge is 0.338 e. The Balaban J connectivity index is 0.000000357. The zero-order chi connectivity index (χ0) is 98.9. The van der Waals surface area contributed by atoms with Gasteiger partial charge < -0.3 is 45.5 Å². The van der Waals surface area contributed by atoms with E-state index in [0.717, 1.165) is 84.1 Å². The quantitative estimate of drug-likeness (QED) is 0.00591. The number of thiazole rings is 1. The first-order chi connectivity index (χ1) is 64.2. The number of halogens is 7. The second-order valence-electron chi connectivity index (χ2n) is 33.3. The Morgan fingerprint density at radius 2 is 0.649 bits per heavy atom. The lowest BCUT2D eigenvalue weighted by Gasteiger charge is -2.13. The van der Waals surface area contributed by atoms with Crippen molar-refractivity contribution in [2.75, 3.05) is 53.0 Å². The molecule has 8 rings (SSSR count). The number of benzene rings is 7. The van der Waals surface area contributed by atoms with Crippen LogP contribution in [0.25, 0.3) is 10.2 Å². The van der Waals surface area contributed by atoms with Crippen molar-refractivity contribution < 1.29 is 71.7 Å². The van der Waals surface area contributed by atoms with Crippen LogP contribution in [0, 0.1) is 37.5 Å². The van der Waals surface area contributed by atoms with Crippen LogP contribution in [0.3, 0.4) is 0 Å². The highest BCUT2D eigenvalue weighted by molar-refractivity contribution is 7.18. The molecule has 0 aliphatic heterocycles. The van der Waals surface area contributed by atoms with E-state index >= 15 is 0 Å². The molecule has 8 aromatic rings. The summed E-state index contributed by atoms with van der Waals surface area (Å²) in [6, 6.07) is 39.4. The summed E-state index contributed by atoms with van der Waals surface area (Å²) in [6.45, 7) is 22.8. The van der Waals surface area contributed by atoms with Crippen LogP contribution >= 0.6 is 92.5 Å². The molecule has 1 aromatic heterocycles. The van der Waals surface area contributed by atoms with E-state index in [2.05, 4.69) is 52.3 Å². The Labute approximate surface area is 832 Å². The molecule has 732 valence electrons. The van der Waals surface area contributed by atoms with Crippen LogP contribution in [-0.4, -0.2) is 96.4 Å². The van der Waals surface area contributed by atoms with E-state index < -0.39 is 65.3 Å². The van der Waals surface area contributed by atoms with Gasteiger partial charge in [-0.05, 0) is 178 Å². The van der Waals surface area contributed by atoms with E-state index in [0.29, 0.717) is 68.6 Å². The highest BCUT2D eigenvalue weighted by Gasteiger charge is 2.29. The molecule has 0 spiro atoms. The van der Waals surface area contributed by atoms with Gasteiger partial charge in [-0.2, -0.15) is 0 Å². The van der Waals surface area contributed by atoms with E-state index in [1.54, 1.807) is 86.7 Å². The molecule has 0 bridgehead atoms. The van der Waals surface area contributed by atoms with Gasteiger partial charge in [0, 0.05) is 5.56 Å². The van der Waals surface area contributed by atoms with Gasteiger partial charge in [0.1, 0.15) is 22.6 Å². The minimum absolute atomic E-state index is 0.105. The average molecular weight is 2000 g/mol. The van der Waals surface area contributed by atoms with Crippen molar-refractivity contribution in [2.45, 2.75) is 282 Å². The fourth-order valence-electron chi connectivity index (χ4n) is 13.2. The number of fused-ring (bicyclic) bond motifs is 1. The predicted octanol–water partition coefficient (Wildman–Crippen LogP) is 29.9. The normalized spacial score (nSPS) is 11.8. The molecule has 0 aliphatic rings. The van der Waals surface area contributed by atoms with Crippen LogP contribution in [0.2, 0.25) is 35.2 Å². The fourth-order valence-corrected chi connectivity index (χ4v) is 15.4.